The molecule has 0 aromatic heterocycles. The zero-order valence-corrected chi connectivity index (χ0v) is 13.5. The van der Waals surface area contributed by atoms with Crippen LogP contribution < -0.4 is 4.90 Å². The molecule has 118 valence electrons. The number of hydrogen-bond donors (Lipinski definition) is 0. The molecule has 0 spiro atoms. The Kier molecular flexibility index (Phi) is 4.69. The zero-order valence-electron chi connectivity index (χ0n) is 12.7. The highest BCUT2D eigenvalue weighted by Crippen LogP contribution is 2.34. The number of amides is 2. The molecule has 22 heavy (non-hydrogen) atoms. The van der Waals surface area contributed by atoms with E-state index in [-0.39, 0.29) is 24.5 Å². The van der Waals surface area contributed by atoms with Gasteiger partial charge in [0, 0.05) is 18.0 Å². The molecule has 0 aliphatic carbocycles. The lowest BCUT2D eigenvalue weighted by Crippen LogP contribution is -2.50. The summed E-state index contributed by atoms with van der Waals surface area (Å²) >= 11 is 1.53. The number of carbonyl (C=O) groups excluding carboxylic acids is 2. The molecule has 3 rings (SSSR count). The summed E-state index contributed by atoms with van der Waals surface area (Å²) in [4.78, 5) is 29.2. The van der Waals surface area contributed by atoms with Crippen molar-refractivity contribution in [3.63, 3.8) is 0 Å². The molecule has 1 saturated heterocycles. The predicted molar refractivity (Wildman–Crippen MR) is 86.1 cm³/mol. The van der Waals surface area contributed by atoms with Gasteiger partial charge in [-0.25, -0.2) is 0 Å². The number of hydrogen-bond acceptors (Lipinski definition) is 4. The number of fused-ring (bicyclic) bond motifs is 1. The molecule has 6 heteroatoms. The quantitative estimate of drug-likeness (QED) is 0.851. The van der Waals surface area contributed by atoms with Gasteiger partial charge < -0.3 is 14.5 Å². The van der Waals surface area contributed by atoms with E-state index >= 15 is 0 Å². The number of thioether (sulfide) groups is 1. The van der Waals surface area contributed by atoms with Crippen molar-refractivity contribution in [2.75, 3.05) is 36.9 Å². The van der Waals surface area contributed by atoms with Crippen LogP contribution in [-0.4, -0.2) is 54.8 Å². The van der Waals surface area contributed by atoms with Crippen molar-refractivity contribution in [1.29, 1.82) is 0 Å². The first-order valence-electron chi connectivity index (χ1n) is 7.60. The Morgan fingerprint density at radius 1 is 1.41 bits per heavy atom. The van der Waals surface area contributed by atoms with Gasteiger partial charge in [-0.2, -0.15) is 0 Å². The Bertz CT molecular complexity index is 578. The third-order valence-corrected chi connectivity index (χ3v) is 5.10. The third kappa shape index (κ3) is 3.13. The van der Waals surface area contributed by atoms with Crippen LogP contribution in [0.3, 0.4) is 0 Å². The minimum absolute atomic E-state index is 0.00245. The van der Waals surface area contributed by atoms with Crippen molar-refractivity contribution in [3.05, 3.63) is 24.3 Å². The normalized spacial score (nSPS) is 21.7. The molecule has 2 amide bonds. The average molecular weight is 320 g/mol. The Morgan fingerprint density at radius 2 is 2.23 bits per heavy atom. The first kappa shape index (κ1) is 15.4. The van der Waals surface area contributed by atoms with Gasteiger partial charge in [-0.3, -0.25) is 9.59 Å². The van der Waals surface area contributed by atoms with E-state index in [0.29, 0.717) is 25.4 Å². The van der Waals surface area contributed by atoms with Crippen LogP contribution in [0.15, 0.2) is 29.2 Å². The van der Waals surface area contributed by atoms with Crippen LogP contribution in [0, 0.1) is 0 Å². The standard InChI is InChI=1S/C16H20N2O3S/c1-2-12-9-17(7-8-21-12)15(19)10-18-13-5-3-4-6-14(13)22-11-16(18)20/h3-6,12H,2,7-11H2,1H3. The third-order valence-electron chi connectivity index (χ3n) is 4.05. The Labute approximate surface area is 134 Å². The molecule has 0 radical (unpaired) electrons. The number of rotatable bonds is 3. The zero-order chi connectivity index (χ0) is 15.5. The summed E-state index contributed by atoms with van der Waals surface area (Å²) in [5.41, 5.74) is 0.845. The van der Waals surface area contributed by atoms with Crippen molar-refractivity contribution < 1.29 is 14.3 Å². The molecule has 2 heterocycles. The Hall–Kier alpha value is -1.53. The second kappa shape index (κ2) is 6.71. The van der Waals surface area contributed by atoms with Gasteiger partial charge in [-0.15, -0.1) is 11.8 Å². The number of anilines is 1. The maximum absolute atomic E-state index is 12.6. The van der Waals surface area contributed by atoms with E-state index in [1.54, 1.807) is 4.90 Å². The van der Waals surface area contributed by atoms with Gasteiger partial charge in [-0.05, 0) is 18.6 Å². The topological polar surface area (TPSA) is 49.9 Å². The Balaban J connectivity index is 1.72. The van der Waals surface area contributed by atoms with E-state index in [9.17, 15) is 9.59 Å². The van der Waals surface area contributed by atoms with E-state index < -0.39 is 0 Å². The highest BCUT2D eigenvalue weighted by atomic mass is 32.2. The number of carbonyl (C=O) groups is 2. The van der Waals surface area contributed by atoms with Crippen LogP contribution in [0.2, 0.25) is 0 Å². The fraction of sp³-hybridized carbons (Fsp3) is 0.500. The first-order valence-corrected chi connectivity index (χ1v) is 8.59. The van der Waals surface area contributed by atoms with Crippen molar-refractivity contribution in [1.82, 2.24) is 4.90 Å². The van der Waals surface area contributed by atoms with Crippen molar-refractivity contribution in [2.24, 2.45) is 0 Å². The molecule has 0 bridgehead atoms. The molecule has 0 N–H and O–H groups in total. The fourth-order valence-electron chi connectivity index (χ4n) is 2.76. The van der Waals surface area contributed by atoms with Crippen LogP contribution in [-0.2, 0) is 14.3 Å². The summed E-state index contributed by atoms with van der Waals surface area (Å²) in [6, 6.07) is 7.75. The van der Waals surface area contributed by atoms with Crippen LogP contribution in [0.4, 0.5) is 5.69 Å². The van der Waals surface area contributed by atoms with Crippen LogP contribution in [0.25, 0.3) is 0 Å². The van der Waals surface area contributed by atoms with Crippen LogP contribution in [0.5, 0.6) is 0 Å². The molecule has 1 atom stereocenters. The molecular weight excluding hydrogens is 300 g/mol. The Morgan fingerprint density at radius 3 is 3.05 bits per heavy atom. The van der Waals surface area contributed by atoms with Crippen molar-refractivity contribution >= 4 is 29.3 Å². The van der Waals surface area contributed by atoms with Gasteiger partial charge in [-0.1, -0.05) is 19.1 Å². The molecule has 5 nitrogen and oxygen atoms in total. The van der Waals surface area contributed by atoms with Gasteiger partial charge in [0.15, 0.2) is 0 Å². The summed E-state index contributed by atoms with van der Waals surface area (Å²) < 4.78 is 5.60. The number of morpholine rings is 1. The number of benzene rings is 1. The van der Waals surface area contributed by atoms with Gasteiger partial charge in [0.1, 0.15) is 6.54 Å². The molecule has 1 unspecified atom stereocenters. The maximum atomic E-state index is 12.6. The van der Waals surface area contributed by atoms with Gasteiger partial charge in [0.2, 0.25) is 11.8 Å². The summed E-state index contributed by atoms with van der Waals surface area (Å²) in [6.45, 7) is 3.97. The van der Waals surface area contributed by atoms with Gasteiger partial charge >= 0.3 is 0 Å². The predicted octanol–water partition coefficient (Wildman–Crippen LogP) is 1.76. The van der Waals surface area contributed by atoms with Gasteiger partial charge in [0.25, 0.3) is 0 Å². The molecule has 1 aromatic rings. The molecule has 2 aliphatic heterocycles. The molecule has 2 aliphatic rings. The van der Waals surface area contributed by atoms with Gasteiger partial charge in [0.05, 0.1) is 24.2 Å². The van der Waals surface area contributed by atoms with Crippen LogP contribution in [0.1, 0.15) is 13.3 Å². The summed E-state index contributed by atoms with van der Waals surface area (Å²) in [6.07, 6.45) is 1.00. The van der Waals surface area contributed by atoms with E-state index in [0.717, 1.165) is 17.0 Å². The number of ether oxygens (including phenoxy) is 1. The monoisotopic (exact) mass is 320 g/mol. The van der Waals surface area contributed by atoms with E-state index in [1.165, 1.54) is 11.8 Å². The summed E-state index contributed by atoms with van der Waals surface area (Å²) in [7, 11) is 0. The molecule has 0 saturated carbocycles. The lowest BCUT2D eigenvalue weighted by Gasteiger charge is -2.35. The lowest BCUT2D eigenvalue weighted by atomic mass is 10.2. The highest BCUT2D eigenvalue weighted by molar-refractivity contribution is 8.00. The van der Waals surface area contributed by atoms with Crippen molar-refractivity contribution in [3.8, 4) is 0 Å². The smallest absolute Gasteiger partial charge is 0.242 e. The fourth-order valence-corrected chi connectivity index (χ4v) is 3.69. The molecular formula is C16H20N2O3S. The molecule has 1 aromatic carbocycles. The molecule has 1 fully saturated rings. The largest absolute Gasteiger partial charge is 0.375 e. The number of nitrogens with zero attached hydrogens (tertiary/aromatic N) is 2. The average Bonchev–Trinajstić information content (AvgIpc) is 2.57. The van der Waals surface area contributed by atoms with Crippen LogP contribution >= 0.6 is 11.8 Å². The maximum Gasteiger partial charge on any atom is 0.242 e. The number of para-hydroxylation sites is 1. The SMILES string of the molecule is CCC1CN(C(=O)CN2C(=O)CSc3ccccc32)CCO1. The summed E-state index contributed by atoms with van der Waals surface area (Å²) in [5.74, 6) is 0.388. The minimum atomic E-state index is -0.00296. The second-order valence-corrected chi connectivity index (χ2v) is 6.49. The lowest BCUT2D eigenvalue weighted by molar-refractivity contribution is -0.138. The minimum Gasteiger partial charge on any atom is -0.375 e. The van der Waals surface area contributed by atoms with Crippen molar-refractivity contribution in [2.45, 2.75) is 24.3 Å². The summed E-state index contributed by atoms with van der Waals surface area (Å²) in [5, 5.41) is 0. The van der Waals surface area contributed by atoms with E-state index in [1.807, 2.05) is 29.2 Å². The highest BCUT2D eigenvalue weighted by Gasteiger charge is 2.29. The first-order chi connectivity index (χ1) is 10.7. The van der Waals surface area contributed by atoms with E-state index in [4.69, 9.17) is 4.74 Å². The van der Waals surface area contributed by atoms with E-state index in [2.05, 4.69) is 6.92 Å². The second-order valence-electron chi connectivity index (χ2n) is 5.48.